The van der Waals surface area contributed by atoms with Crippen molar-refractivity contribution < 1.29 is 19.4 Å². The normalized spacial score (nSPS) is 23.8. The predicted octanol–water partition coefficient (Wildman–Crippen LogP) is 1.31. The van der Waals surface area contributed by atoms with Gasteiger partial charge in [-0.2, -0.15) is 0 Å². The van der Waals surface area contributed by atoms with Crippen molar-refractivity contribution in [3.63, 3.8) is 0 Å². The first-order valence-corrected chi connectivity index (χ1v) is 7.47. The second kappa shape index (κ2) is 7.47. The van der Waals surface area contributed by atoms with E-state index in [1.807, 2.05) is 4.90 Å². The van der Waals surface area contributed by atoms with Crippen LogP contribution in [0.25, 0.3) is 0 Å². The molecule has 114 valence electrons. The highest BCUT2D eigenvalue weighted by Crippen LogP contribution is 2.22. The highest BCUT2D eigenvalue weighted by atomic mass is 16.5. The first kappa shape index (κ1) is 15.1. The lowest BCUT2D eigenvalue weighted by Crippen LogP contribution is -2.45. The lowest BCUT2D eigenvalue weighted by molar-refractivity contribution is -0.137. The number of hydrogen-bond donors (Lipinski definition) is 2. The Hall–Kier alpha value is -1.30. The molecule has 0 aromatic carbocycles. The van der Waals surface area contributed by atoms with Crippen LogP contribution in [0.3, 0.4) is 0 Å². The van der Waals surface area contributed by atoms with E-state index in [1.54, 1.807) is 0 Å². The van der Waals surface area contributed by atoms with E-state index in [0.717, 1.165) is 52.0 Å². The first-order valence-electron chi connectivity index (χ1n) is 7.47. The molecule has 2 saturated heterocycles. The van der Waals surface area contributed by atoms with E-state index in [9.17, 15) is 9.59 Å². The minimum Gasteiger partial charge on any atom is -0.481 e. The number of nitrogens with one attached hydrogen (secondary N) is 1. The molecule has 0 radical (unpaired) electrons. The summed E-state index contributed by atoms with van der Waals surface area (Å²) < 4.78 is 5.28. The average Bonchev–Trinajstić information content (AvgIpc) is 2.96. The van der Waals surface area contributed by atoms with Crippen LogP contribution in [0.15, 0.2) is 0 Å². The fourth-order valence-corrected chi connectivity index (χ4v) is 2.84. The minimum absolute atomic E-state index is 0.00795. The zero-order chi connectivity index (χ0) is 14.4. The molecule has 0 aromatic heterocycles. The molecule has 1 atom stereocenters. The number of nitrogens with zero attached hydrogens (tertiary/aromatic N) is 1. The molecular weight excluding hydrogens is 260 g/mol. The van der Waals surface area contributed by atoms with Gasteiger partial charge in [0, 0.05) is 38.6 Å². The number of ether oxygens (including phenoxy) is 1. The summed E-state index contributed by atoms with van der Waals surface area (Å²) >= 11 is 0. The van der Waals surface area contributed by atoms with E-state index in [0.29, 0.717) is 18.4 Å². The summed E-state index contributed by atoms with van der Waals surface area (Å²) in [6.07, 6.45) is 3.81. The summed E-state index contributed by atoms with van der Waals surface area (Å²) in [6, 6.07) is 0.00795. The molecular formula is C14H24N2O4. The third-order valence-electron chi connectivity index (χ3n) is 4.23. The number of carbonyl (C=O) groups excluding carboxylic acids is 1. The molecule has 2 aliphatic rings. The summed E-state index contributed by atoms with van der Waals surface area (Å²) in [7, 11) is 0. The van der Waals surface area contributed by atoms with E-state index in [1.165, 1.54) is 0 Å². The Labute approximate surface area is 119 Å². The van der Waals surface area contributed by atoms with Crippen molar-refractivity contribution in [1.29, 1.82) is 0 Å². The monoisotopic (exact) mass is 284 g/mol. The zero-order valence-electron chi connectivity index (χ0n) is 11.8. The summed E-state index contributed by atoms with van der Waals surface area (Å²) in [6.45, 7) is 3.71. The number of piperidine rings is 1. The van der Waals surface area contributed by atoms with Gasteiger partial charge in [-0.05, 0) is 31.6 Å². The van der Waals surface area contributed by atoms with Gasteiger partial charge < -0.3 is 20.1 Å². The van der Waals surface area contributed by atoms with E-state index < -0.39 is 5.97 Å². The molecule has 2 N–H and O–H groups in total. The maximum atomic E-state index is 12.0. The summed E-state index contributed by atoms with van der Waals surface area (Å²) in [5.41, 5.74) is 0. The van der Waals surface area contributed by atoms with E-state index in [2.05, 4.69) is 5.32 Å². The molecule has 6 heteroatoms. The van der Waals surface area contributed by atoms with Crippen LogP contribution in [0.2, 0.25) is 0 Å². The average molecular weight is 284 g/mol. The molecule has 0 aromatic rings. The molecule has 0 saturated carbocycles. The van der Waals surface area contributed by atoms with Crippen LogP contribution in [-0.4, -0.2) is 54.9 Å². The van der Waals surface area contributed by atoms with E-state index in [4.69, 9.17) is 9.84 Å². The van der Waals surface area contributed by atoms with Crippen LogP contribution in [0.5, 0.6) is 0 Å². The quantitative estimate of drug-likeness (QED) is 0.798. The molecule has 2 aliphatic heterocycles. The molecule has 0 bridgehead atoms. The zero-order valence-corrected chi connectivity index (χ0v) is 11.8. The number of carbonyl (C=O) groups is 2. The number of likely N-dealkylation sites (tertiary alicyclic amines) is 1. The third kappa shape index (κ3) is 4.67. The molecule has 0 aliphatic carbocycles. The molecule has 1 unspecified atom stereocenters. The standard InChI is InChI=1S/C14H24N2O4/c17-13(18)2-1-11-3-6-16(7-4-11)14(19)15-9-12-5-8-20-10-12/h11-12H,1-10H2,(H,15,19)(H,17,18). The van der Waals surface area contributed by atoms with Crippen molar-refractivity contribution in [2.24, 2.45) is 11.8 Å². The van der Waals surface area contributed by atoms with Gasteiger partial charge in [-0.25, -0.2) is 4.79 Å². The Morgan fingerprint density at radius 1 is 1.20 bits per heavy atom. The second-order valence-electron chi connectivity index (χ2n) is 5.78. The van der Waals surface area contributed by atoms with E-state index in [-0.39, 0.29) is 12.5 Å². The number of hydrogen-bond acceptors (Lipinski definition) is 3. The Bertz CT molecular complexity index is 334. The van der Waals surface area contributed by atoms with Crippen molar-refractivity contribution in [1.82, 2.24) is 10.2 Å². The van der Waals surface area contributed by atoms with Gasteiger partial charge in [0.2, 0.25) is 0 Å². The number of carboxylic acids is 1. The largest absolute Gasteiger partial charge is 0.481 e. The predicted molar refractivity (Wildman–Crippen MR) is 73.5 cm³/mol. The third-order valence-corrected chi connectivity index (χ3v) is 4.23. The molecule has 2 fully saturated rings. The van der Waals surface area contributed by atoms with Crippen molar-refractivity contribution >= 4 is 12.0 Å². The van der Waals surface area contributed by atoms with Gasteiger partial charge in [0.15, 0.2) is 0 Å². The summed E-state index contributed by atoms with van der Waals surface area (Å²) in [5, 5.41) is 11.6. The van der Waals surface area contributed by atoms with E-state index >= 15 is 0 Å². The number of rotatable bonds is 5. The van der Waals surface area contributed by atoms with Gasteiger partial charge in [0.05, 0.1) is 6.61 Å². The number of aliphatic carboxylic acids is 1. The van der Waals surface area contributed by atoms with Crippen molar-refractivity contribution in [3.8, 4) is 0 Å². The van der Waals surface area contributed by atoms with Crippen LogP contribution in [0, 0.1) is 11.8 Å². The van der Waals surface area contributed by atoms with Crippen molar-refractivity contribution in [2.75, 3.05) is 32.8 Å². The number of carboxylic acid groups (broad SMARTS) is 1. The maximum Gasteiger partial charge on any atom is 0.317 e. The maximum absolute atomic E-state index is 12.0. The van der Waals surface area contributed by atoms with Gasteiger partial charge in [-0.1, -0.05) is 0 Å². The Balaban J connectivity index is 1.62. The van der Waals surface area contributed by atoms with Crippen LogP contribution >= 0.6 is 0 Å². The van der Waals surface area contributed by atoms with Crippen LogP contribution in [-0.2, 0) is 9.53 Å². The number of amides is 2. The molecule has 2 amide bonds. The van der Waals surface area contributed by atoms with Crippen LogP contribution in [0.4, 0.5) is 4.79 Å². The molecule has 20 heavy (non-hydrogen) atoms. The highest BCUT2D eigenvalue weighted by Gasteiger charge is 2.24. The lowest BCUT2D eigenvalue weighted by Gasteiger charge is -2.32. The van der Waals surface area contributed by atoms with Gasteiger partial charge in [-0.15, -0.1) is 0 Å². The van der Waals surface area contributed by atoms with Crippen molar-refractivity contribution in [2.45, 2.75) is 32.1 Å². The van der Waals surface area contributed by atoms with Gasteiger partial charge in [-0.3, -0.25) is 4.79 Å². The SMILES string of the molecule is O=C(O)CCC1CCN(C(=O)NCC2CCOC2)CC1. The Kier molecular flexibility index (Phi) is 5.64. The lowest BCUT2D eigenvalue weighted by atomic mass is 9.92. The first-order chi connectivity index (χ1) is 9.65. The molecule has 2 heterocycles. The Morgan fingerprint density at radius 3 is 2.55 bits per heavy atom. The minimum atomic E-state index is -0.732. The smallest absolute Gasteiger partial charge is 0.317 e. The molecule has 2 rings (SSSR count). The van der Waals surface area contributed by atoms with Crippen molar-refractivity contribution in [3.05, 3.63) is 0 Å². The fraction of sp³-hybridized carbons (Fsp3) is 0.857. The summed E-state index contributed by atoms with van der Waals surface area (Å²) in [5.74, 6) is 0.161. The van der Waals surface area contributed by atoms with Gasteiger partial charge in [0.1, 0.15) is 0 Å². The number of urea groups is 1. The fourth-order valence-electron chi connectivity index (χ4n) is 2.84. The van der Waals surface area contributed by atoms with Gasteiger partial charge in [0.25, 0.3) is 0 Å². The summed E-state index contributed by atoms with van der Waals surface area (Å²) in [4.78, 5) is 24.4. The topological polar surface area (TPSA) is 78.9 Å². The second-order valence-corrected chi connectivity index (χ2v) is 5.78. The highest BCUT2D eigenvalue weighted by molar-refractivity contribution is 5.74. The molecule has 6 nitrogen and oxygen atoms in total. The van der Waals surface area contributed by atoms with Crippen LogP contribution in [0.1, 0.15) is 32.1 Å². The Morgan fingerprint density at radius 2 is 1.95 bits per heavy atom. The molecule has 0 spiro atoms. The van der Waals surface area contributed by atoms with Crippen LogP contribution < -0.4 is 5.32 Å². The van der Waals surface area contributed by atoms with Gasteiger partial charge >= 0.3 is 12.0 Å².